The lowest BCUT2D eigenvalue weighted by Gasteiger charge is -2.28. The molecule has 0 amide bonds. The minimum Gasteiger partial charge on any atom is -0.493 e. The van der Waals surface area contributed by atoms with Gasteiger partial charge >= 0.3 is 0 Å². The summed E-state index contributed by atoms with van der Waals surface area (Å²) in [7, 11) is -0.665. The molecule has 3 heteroatoms. The zero-order valence-corrected chi connectivity index (χ0v) is 12.6. The maximum atomic E-state index is 5.80. The van der Waals surface area contributed by atoms with Crippen molar-refractivity contribution in [1.29, 1.82) is 0 Å². The lowest BCUT2D eigenvalue weighted by Crippen LogP contribution is -2.27. The zero-order chi connectivity index (χ0) is 11.5. The van der Waals surface area contributed by atoms with E-state index >= 15 is 0 Å². The van der Waals surface area contributed by atoms with Gasteiger partial charge in [0.05, 0.1) is 6.61 Å². The van der Waals surface area contributed by atoms with Crippen molar-refractivity contribution in [2.45, 2.75) is 32.0 Å². The van der Waals surface area contributed by atoms with E-state index in [0.717, 1.165) is 16.8 Å². The highest BCUT2D eigenvalue weighted by Gasteiger charge is 2.24. The Balaban J connectivity index is 2.54. The van der Waals surface area contributed by atoms with Crippen LogP contribution in [-0.4, -0.2) is 15.4 Å². The molecule has 0 spiro atoms. The smallest absolute Gasteiger partial charge is 0.119 e. The van der Waals surface area contributed by atoms with E-state index in [1.54, 1.807) is 0 Å². The van der Waals surface area contributed by atoms with Crippen LogP contribution < -0.4 is 4.74 Å². The van der Waals surface area contributed by atoms with Crippen molar-refractivity contribution in [3.8, 4) is 5.75 Å². The van der Waals surface area contributed by atoms with Crippen LogP contribution in [0.15, 0.2) is 28.7 Å². The molecule has 0 bridgehead atoms. The Bertz CT molecular complexity index is 306. The van der Waals surface area contributed by atoms with E-state index in [1.807, 2.05) is 24.3 Å². The van der Waals surface area contributed by atoms with Crippen LogP contribution in [0.5, 0.6) is 5.75 Å². The molecule has 0 N–H and O–H groups in total. The van der Waals surface area contributed by atoms with E-state index in [9.17, 15) is 0 Å². The number of ether oxygens (including phenoxy) is 1. The second-order valence-corrected chi connectivity index (χ2v) is 9.67. The normalized spacial score (nSPS) is 11.9. The van der Waals surface area contributed by atoms with Gasteiger partial charge in [-0.25, -0.2) is 0 Å². The molecule has 0 aliphatic rings. The van der Waals surface area contributed by atoms with E-state index in [-0.39, 0.29) is 0 Å². The Morgan fingerprint density at radius 2 is 1.73 bits per heavy atom. The van der Waals surface area contributed by atoms with Gasteiger partial charge in [-0.05, 0) is 29.3 Å². The molecular formula is C12H19BrOSi. The van der Waals surface area contributed by atoms with Crippen molar-refractivity contribution in [1.82, 2.24) is 0 Å². The molecule has 0 aliphatic heterocycles. The van der Waals surface area contributed by atoms with Crippen molar-refractivity contribution in [3.63, 3.8) is 0 Å². The highest BCUT2D eigenvalue weighted by atomic mass is 79.9. The summed E-state index contributed by atoms with van der Waals surface area (Å²) in [6.45, 7) is 10.1. The Morgan fingerprint density at radius 3 is 2.20 bits per heavy atom. The van der Waals surface area contributed by atoms with Crippen molar-refractivity contribution in [2.24, 2.45) is 0 Å². The largest absolute Gasteiger partial charge is 0.493 e. The third-order valence-electron chi connectivity index (χ3n) is 2.99. The molecule has 0 heterocycles. The SMILES string of the molecule is C[SiH](C)C(C)(C)COc1ccc(Br)cc1. The molecule has 0 atom stereocenters. The van der Waals surface area contributed by atoms with Crippen LogP contribution >= 0.6 is 15.9 Å². The summed E-state index contributed by atoms with van der Waals surface area (Å²) in [6.07, 6.45) is 0. The molecule has 0 unspecified atom stereocenters. The van der Waals surface area contributed by atoms with Crippen molar-refractivity contribution in [3.05, 3.63) is 28.7 Å². The number of benzene rings is 1. The number of hydrogen-bond donors (Lipinski definition) is 0. The van der Waals surface area contributed by atoms with Crippen LogP contribution in [-0.2, 0) is 0 Å². The molecule has 0 aliphatic carbocycles. The van der Waals surface area contributed by atoms with Gasteiger partial charge in [0.25, 0.3) is 0 Å². The lowest BCUT2D eigenvalue weighted by molar-refractivity contribution is 0.276. The summed E-state index contributed by atoms with van der Waals surface area (Å²) < 4.78 is 6.89. The fraction of sp³-hybridized carbons (Fsp3) is 0.500. The summed E-state index contributed by atoms with van der Waals surface area (Å²) in [5.74, 6) is 0.959. The van der Waals surface area contributed by atoms with Gasteiger partial charge < -0.3 is 4.74 Å². The van der Waals surface area contributed by atoms with Gasteiger partial charge in [-0.15, -0.1) is 0 Å². The van der Waals surface area contributed by atoms with Crippen molar-refractivity contribution < 1.29 is 4.74 Å². The van der Waals surface area contributed by atoms with Gasteiger partial charge in [0.15, 0.2) is 0 Å². The van der Waals surface area contributed by atoms with Crippen molar-refractivity contribution in [2.75, 3.05) is 6.61 Å². The average Bonchev–Trinajstić information content (AvgIpc) is 2.17. The van der Waals surface area contributed by atoms with Gasteiger partial charge in [0.2, 0.25) is 0 Å². The summed E-state index contributed by atoms with van der Waals surface area (Å²) in [5.41, 5.74) is 0. The molecule has 0 radical (unpaired) electrons. The molecule has 1 nitrogen and oxygen atoms in total. The highest BCUT2D eigenvalue weighted by molar-refractivity contribution is 9.10. The first-order valence-electron chi connectivity index (χ1n) is 5.30. The highest BCUT2D eigenvalue weighted by Crippen LogP contribution is 2.29. The number of rotatable bonds is 4. The summed E-state index contributed by atoms with van der Waals surface area (Å²) in [6, 6.07) is 8.02. The average molecular weight is 287 g/mol. The summed E-state index contributed by atoms with van der Waals surface area (Å²) in [4.78, 5) is 0. The molecule has 15 heavy (non-hydrogen) atoms. The van der Waals surface area contributed by atoms with Crippen LogP contribution in [0.3, 0.4) is 0 Å². The van der Waals surface area contributed by atoms with E-state index in [1.165, 1.54) is 0 Å². The van der Waals surface area contributed by atoms with E-state index in [4.69, 9.17) is 4.74 Å². The van der Waals surface area contributed by atoms with Gasteiger partial charge in [-0.3, -0.25) is 0 Å². The molecule has 0 aromatic heterocycles. The Morgan fingerprint density at radius 1 is 1.20 bits per heavy atom. The monoisotopic (exact) mass is 286 g/mol. The first-order chi connectivity index (χ1) is 6.92. The van der Waals surface area contributed by atoms with Crippen LogP contribution in [0.4, 0.5) is 0 Å². The fourth-order valence-electron chi connectivity index (χ4n) is 0.967. The second-order valence-electron chi connectivity index (χ2n) is 4.89. The molecule has 0 saturated heterocycles. The molecule has 1 aromatic rings. The van der Waals surface area contributed by atoms with Crippen molar-refractivity contribution >= 4 is 24.7 Å². The topological polar surface area (TPSA) is 9.23 Å². The van der Waals surface area contributed by atoms with Crippen LogP contribution in [0.25, 0.3) is 0 Å². The van der Waals surface area contributed by atoms with Crippen LogP contribution in [0, 0.1) is 0 Å². The molecule has 0 saturated carbocycles. The first kappa shape index (κ1) is 12.8. The van der Waals surface area contributed by atoms with Gasteiger partial charge in [-0.1, -0.05) is 42.9 Å². The predicted octanol–water partition coefficient (Wildman–Crippen LogP) is 4.09. The maximum absolute atomic E-state index is 5.80. The van der Waals surface area contributed by atoms with Gasteiger partial charge in [0, 0.05) is 13.3 Å². The lowest BCUT2D eigenvalue weighted by atomic mass is 10.2. The molecule has 84 valence electrons. The minimum atomic E-state index is -0.665. The second kappa shape index (κ2) is 5.17. The summed E-state index contributed by atoms with van der Waals surface area (Å²) in [5, 5.41) is 0.354. The first-order valence-corrected chi connectivity index (χ1v) is 8.98. The van der Waals surface area contributed by atoms with Crippen LogP contribution in [0.1, 0.15) is 13.8 Å². The fourth-order valence-corrected chi connectivity index (χ4v) is 1.65. The van der Waals surface area contributed by atoms with E-state index < -0.39 is 8.80 Å². The van der Waals surface area contributed by atoms with Crippen LogP contribution in [0.2, 0.25) is 18.1 Å². The quantitative estimate of drug-likeness (QED) is 0.758. The molecule has 1 aromatic carbocycles. The minimum absolute atomic E-state index is 0.354. The molecule has 0 fully saturated rings. The molecular weight excluding hydrogens is 268 g/mol. The van der Waals surface area contributed by atoms with E-state index in [0.29, 0.717) is 5.04 Å². The summed E-state index contributed by atoms with van der Waals surface area (Å²) >= 11 is 3.41. The third kappa shape index (κ3) is 3.99. The van der Waals surface area contributed by atoms with Gasteiger partial charge in [0.1, 0.15) is 5.75 Å². The molecule has 1 rings (SSSR count). The van der Waals surface area contributed by atoms with E-state index in [2.05, 4.69) is 42.9 Å². The third-order valence-corrected chi connectivity index (χ3v) is 6.81. The Hall–Kier alpha value is -0.283. The standard InChI is InChI=1S/C12H19BrOSi/c1-12(2,15(3)4)9-14-11-7-5-10(13)6-8-11/h5-8,15H,9H2,1-4H3. The Kier molecular flexibility index (Phi) is 4.41. The van der Waals surface area contributed by atoms with Gasteiger partial charge in [-0.2, -0.15) is 0 Å². The maximum Gasteiger partial charge on any atom is 0.119 e. The number of halogens is 1. The Labute approximate surface area is 103 Å². The predicted molar refractivity (Wildman–Crippen MR) is 72.6 cm³/mol. The number of hydrogen-bond acceptors (Lipinski definition) is 1. The zero-order valence-electron chi connectivity index (χ0n) is 9.88.